The van der Waals surface area contributed by atoms with Crippen LogP contribution in [-0.2, 0) is 39.3 Å². The molecule has 0 aromatic rings. The van der Waals surface area contributed by atoms with Gasteiger partial charge in [-0.3, -0.25) is 9.11 Å². The molecule has 28 heavy (non-hydrogen) atoms. The third-order valence-corrected chi connectivity index (χ3v) is 5.62. The van der Waals surface area contributed by atoms with Gasteiger partial charge in [0.25, 0.3) is 0 Å². The average molecular weight is 460 g/mol. The molecule has 0 amide bonds. The number of alkyl halides is 4. The second-order valence-corrected chi connectivity index (χ2v) is 8.99. The Morgan fingerprint density at radius 2 is 1.00 bits per heavy atom. The minimum atomic E-state index is -5.98. The molecule has 0 saturated heterocycles. The molecule has 0 spiro atoms. The quantitative estimate of drug-likeness (QED) is 0.302. The molecule has 0 aromatic heterocycles. The molecule has 16 heteroatoms. The highest BCUT2D eigenvalue weighted by Crippen LogP contribution is 2.31. The molecule has 1 aliphatic carbocycles. The fourth-order valence-electron chi connectivity index (χ4n) is 2.33. The summed E-state index contributed by atoms with van der Waals surface area (Å²) in [4.78, 5) is 22.1. The van der Waals surface area contributed by atoms with Crippen LogP contribution in [0, 0.1) is 11.8 Å². The van der Waals surface area contributed by atoms with Crippen LogP contribution >= 0.6 is 0 Å². The van der Waals surface area contributed by atoms with E-state index in [1.807, 2.05) is 0 Å². The molecular formula is C12H16F4O10S2. The van der Waals surface area contributed by atoms with Crippen LogP contribution in [0.3, 0.4) is 0 Å². The predicted molar refractivity (Wildman–Crippen MR) is 80.4 cm³/mol. The second kappa shape index (κ2) is 8.46. The van der Waals surface area contributed by atoms with Crippen molar-refractivity contribution in [1.82, 2.24) is 0 Å². The molecule has 1 aliphatic rings. The van der Waals surface area contributed by atoms with E-state index in [2.05, 4.69) is 9.47 Å². The fourth-order valence-corrected chi connectivity index (χ4v) is 2.87. The first-order chi connectivity index (χ1) is 12.5. The van der Waals surface area contributed by atoms with Gasteiger partial charge >= 0.3 is 42.7 Å². The van der Waals surface area contributed by atoms with Crippen LogP contribution in [0.1, 0.15) is 25.7 Å². The molecular weight excluding hydrogens is 444 g/mol. The van der Waals surface area contributed by atoms with Crippen molar-refractivity contribution in [2.45, 2.75) is 36.2 Å². The van der Waals surface area contributed by atoms with Crippen LogP contribution in [0.5, 0.6) is 0 Å². The van der Waals surface area contributed by atoms with Gasteiger partial charge < -0.3 is 9.47 Å². The SMILES string of the molecule is O=C(OCC1CCC(COC(=O)C(F)(F)S(=O)(=O)O)CC1)C(F)(F)S(=O)(=O)O. The van der Waals surface area contributed by atoms with Crippen molar-refractivity contribution in [3.8, 4) is 0 Å². The maximum atomic E-state index is 13.0. The third-order valence-electron chi connectivity index (χ3n) is 3.99. The largest absolute Gasteiger partial charge is 0.465 e. The minimum Gasteiger partial charge on any atom is -0.460 e. The zero-order valence-electron chi connectivity index (χ0n) is 13.9. The van der Waals surface area contributed by atoms with E-state index in [0.29, 0.717) is 0 Å². The summed E-state index contributed by atoms with van der Waals surface area (Å²) >= 11 is 0. The lowest BCUT2D eigenvalue weighted by Gasteiger charge is -2.28. The predicted octanol–water partition coefficient (Wildman–Crippen LogP) is 0.840. The normalized spacial score (nSPS) is 21.8. The van der Waals surface area contributed by atoms with E-state index in [4.69, 9.17) is 9.11 Å². The van der Waals surface area contributed by atoms with E-state index in [9.17, 15) is 44.0 Å². The smallest absolute Gasteiger partial charge is 0.460 e. The number of esters is 2. The Bertz CT molecular complexity index is 732. The lowest BCUT2D eigenvalue weighted by molar-refractivity contribution is -0.165. The molecule has 1 saturated carbocycles. The zero-order chi connectivity index (χ0) is 22.0. The number of carbonyl (C=O) groups excluding carboxylic acids is 2. The Balaban J connectivity index is 2.44. The van der Waals surface area contributed by atoms with Crippen molar-refractivity contribution in [3.05, 3.63) is 0 Å². The van der Waals surface area contributed by atoms with Gasteiger partial charge in [-0.2, -0.15) is 34.4 Å². The lowest BCUT2D eigenvalue weighted by Crippen LogP contribution is -2.40. The van der Waals surface area contributed by atoms with Crippen molar-refractivity contribution < 1.29 is 62.6 Å². The highest BCUT2D eigenvalue weighted by atomic mass is 32.2. The second-order valence-electron chi connectivity index (χ2n) is 6.07. The summed E-state index contributed by atoms with van der Waals surface area (Å²) in [6.07, 6.45) is 0.840. The first-order valence-electron chi connectivity index (χ1n) is 7.54. The van der Waals surface area contributed by atoms with E-state index in [1.54, 1.807) is 0 Å². The molecule has 0 heterocycles. The number of halogens is 4. The van der Waals surface area contributed by atoms with Crippen LogP contribution in [0.4, 0.5) is 17.6 Å². The Hall–Kier alpha value is -1.52. The summed E-state index contributed by atoms with van der Waals surface area (Å²) in [5.74, 6) is -5.85. The minimum absolute atomic E-state index is 0.210. The van der Waals surface area contributed by atoms with Crippen LogP contribution in [0.15, 0.2) is 0 Å². The highest BCUT2D eigenvalue weighted by molar-refractivity contribution is 7.88. The molecule has 1 rings (SSSR count). The number of carbonyl (C=O) groups is 2. The molecule has 10 nitrogen and oxygen atoms in total. The van der Waals surface area contributed by atoms with E-state index >= 15 is 0 Å². The van der Waals surface area contributed by atoms with Crippen LogP contribution in [0.2, 0.25) is 0 Å². The fraction of sp³-hybridized carbons (Fsp3) is 0.833. The van der Waals surface area contributed by atoms with Gasteiger partial charge in [-0.05, 0) is 37.5 Å². The molecule has 0 aromatic carbocycles. The molecule has 0 unspecified atom stereocenters. The number of hydrogen-bond donors (Lipinski definition) is 2. The molecule has 0 bridgehead atoms. The summed E-state index contributed by atoms with van der Waals surface area (Å²) in [5, 5.41) is -10.2. The lowest BCUT2D eigenvalue weighted by atomic mass is 9.83. The average Bonchev–Trinajstić information content (AvgIpc) is 2.56. The summed E-state index contributed by atoms with van der Waals surface area (Å²) in [5.41, 5.74) is 0. The van der Waals surface area contributed by atoms with Gasteiger partial charge in [-0.1, -0.05) is 0 Å². The monoisotopic (exact) mass is 460 g/mol. The van der Waals surface area contributed by atoms with Gasteiger partial charge in [0.2, 0.25) is 0 Å². The Kier molecular flexibility index (Phi) is 7.41. The summed E-state index contributed by atoms with van der Waals surface area (Å²) in [7, 11) is -12.0. The van der Waals surface area contributed by atoms with Gasteiger partial charge in [-0.15, -0.1) is 0 Å². The van der Waals surface area contributed by atoms with Crippen molar-refractivity contribution in [2.24, 2.45) is 11.8 Å². The van der Waals surface area contributed by atoms with Crippen molar-refractivity contribution >= 4 is 32.2 Å². The molecule has 0 atom stereocenters. The van der Waals surface area contributed by atoms with Gasteiger partial charge in [0.1, 0.15) is 0 Å². The molecule has 0 radical (unpaired) electrons. The number of rotatable bonds is 8. The molecule has 0 aliphatic heterocycles. The van der Waals surface area contributed by atoms with Crippen LogP contribution in [-0.4, -0.2) is 61.6 Å². The maximum Gasteiger partial charge on any atom is 0.465 e. The maximum absolute atomic E-state index is 13.0. The molecule has 1 fully saturated rings. The Morgan fingerprint density at radius 1 is 0.750 bits per heavy atom. The van der Waals surface area contributed by atoms with E-state index in [0.717, 1.165) is 0 Å². The van der Waals surface area contributed by atoms with Crippen LogP contribution in [0.25, 0.3) is 0 Å². The van der Waals surface area contributed by atoms with Crippen molar-refractivity contribution in [2.75, 3.05) is 13.2 Å². The van der Waals surface area contributed by atoms with E-state index < -0.39 is 67.7 Å². The standard InChI is InChI=1S/C12H16F4O10S2/c13-11(14,27(19,20)21)9(17)25-5-7-1-2-8(4-3-7)6-26-10(18)12(15,16)28(22,23)24/h7-8H,1-6H2,(H,19,20,21)(H,22,23,24). The first-order valence-corrected chi connectivity index (χ1v) is 10.4. The summed E-state index contributed by atoms with van der Waals surface area (Å²) < 4.78 is 119. The first kappa shape index (κ1) is 24.5. The van der Waals surface area contributed by atoms with Gasteiger partial charge in [-0.25, -0.2) is 9.59 Å². The summed E-state index contributed by atoms with van der Waals surface area (Å²) in [6.45, 7) is -1.17. The topological polar surface area (TPSA) is 161 Å². The number of hydrogen-bond acceptors (Lipinski definition) is 8. The van der Waals surface area contributed by atoms with Crippen LogP contribution < -0.4 is 0 Å². The van der Waals surface area contributed by atoms with Gasteiger partial charge in [0.15, 0.2) is 0 Å². The summed E-state index contributed by atoms with van der Waals surface area (Å²) in [6, 6.07) is 0. The highest BCUT2D eigenvalue weighted by Gasteiger charge is 2.55. The Morgan fingerprint density at radius 3 is 1.21 bits per heavy atom. The molecule has 2 N–H and O–H groups in total. The molecule has 164 valence electrons. The number of ether oxygens (including phenoxy) is 2. The van der Waals surface area contributed by atoms with Crippen molar-refractivity contribution in [3.63, 3.8) is 0 Å². The Labute approximate surface area is 156 Å². The third kappa shape index (κ3) is 5.74. The zero-order valence-corrected chi connectivity index (χ0v) is 15.5. The van der Waals surface area contributed by atoms with Crippen molar-refractivity contribution in [1.29, 1.82) is 0 Å². The van der Waals surface area contributed by atoms with Gasteiger partial charge in [0, 0.05) is 0 Å². The van der Waals surface area contributed by atoms with Gasteiger partial charge in [0.05, 0.1) is 13.2 Å². The van der Waals surface area contributed by atoms with E-state index in [-0.39, 0.29) is 25.7 Å². The van der Waals surface area contributed by atoms with E-state index in [1.165, 1.54) is 0 Å².